The molecule has 0 spiro atoms. The van der Waals surface area contributed by atoms with Gasteiger partial charge >= 0.3 is 0 Å². The van der Waals surface area contributed by atoms with Gasteiger partial charge in [-0.25, -0.2) is 4.39 Å². The minimum Gasteiger partial charge on any atom is -0.292 e. The Kier molecular flexibility index (Phi) is 2.87. The fraction of sp³-hybridized carbons (Fsp3) is 0.0909. The summed E-state index contributed by atoms with van der Waals surface area (Å²) in [5, 5.41) is 2.17. The van der Waals surface area contributed by atoms with E-state index in [1.54, 1.807) is 6.07 Å². The van der Waals surface area contributed by atoms with Crippen molar-refractivity contribution in [2.45, 2.75) is 6.42 Å². The third-order valence-corrected chi connectivity index (χ3v) is 2.91. The summed E-state index contributed by atoms with van der Waals surface area (Å²) >= 11 is 3.24. The fourth-order valence-electron chi connectivity index (χ4n) is 1.43. The lowest BCUT2D eigenvalue weighted by Crippen LogP contribution is -2.19. The lowest BCUT2D eigenvalue weighted by Gasteiger charge is -1.99. The van der Waals surface area contributed by atoms with E-state index >= 15 is 0 Å². The van der Waals surface area contributed by atoms with Crippen molar-refractivity contribution in [3.63, 3.8) is 0 Å². The van der Waals surface area contributed by atoms with Crippen LogP contribution in [0, 0.1) is 5.82 Å². The fourth-order valence-corrected chi connectivity index (χ4v) is 1.79. The Bertz CT molecular complexity index is 511. The standard InChI is InChI=1S/C11H7BrFNO2/c12-9-2-1-8(13)4-6(9)3-7-5-10(15)14-11(7)16/h1-4H,5H2,(H,14,15,16)/b7-3-. The van der Waals surface area contributed by atoms with Gasteiger partial charge in [0, 0.05) is 10.0 Å². The molecule has 5 heteroatoms. The maximum atomic E-state index is 13.0. The zero-order valence-electron chi connectivity index (χ0n) is 8.09. The van der Waals surface area contributed by atoms with Gasteiger partial charge in [-0.3, -0.25) is 14.9 Å². The van der Waals surface area contributed by atoms with Crippen LogP contribution >= 0.6 is 15.9 Å². The molecule has 0 saturated carbocycles. The van der Waals surface area contributed by atoms with Crippen molar-refractivity contribution in [1.82, 2.24) is 5.32 Å². The Morgan fingerprint density at radius 2 is 2.12 bits per heavy atom. The first-order valence-electron chi connectivity index (χ1n) is 4.56. The number of amides is 2. The van der Waals surface area contributed by atoms with E-state index < -0.39 is 5.91 Å². The monoisotopic (exact) mass is 283 g/mol. The molecule has 1 aromatic rings. The minimum absolute atomic E-state index is 0.0434. The maximum absolute atomic E-state index is 13.0. The molecule has 1 aromatic carbocycles. The quantitative estimate of drug-likeness (QED) is 0.633. The Morgan fingerprint density at radius 1 is 1.38 bits per heavy atom. The molecule has 0 bridgehead atoms. The SMILES string of the molecule is O=C1C/C(=C/c2cc(F)ccc2Br)C(=O)N1. The van der Waals surface area contributed by atoms with Gasteiger partial charge in [-0.05, 0) is 29.8 Å². The van der Waals surface area contributed by atoms with Crippen molar-refractivity contribution in [1.29, 1.82) is 0 Å². The number of carbonyl (C=O) groups is 2. The molecule has 1 aliphatic heterocycles. The number of benzene rings is 1. The van der Waals surface area contributed by atoms with Crippen LogP contribution in [0.15, 0.2) is 28.2 Å². The molecular weight excluding hydrogens is 277 g/mol. The number of hydrogen-bond donors (Lipinski definition) is 1. The second-order valence-electron chi connectivity index (χ2n) is 3.39. The van der Waals surface area contributed by atoms with Crippen LogP contribution in [0.4, 0.5) is 4.39 Å². The molecule has 0 aromatic heterocycles. The highest BCUT2D eigenvalue weighted by atomic mass is 79.9. The van der Waals surface area contributed by atoms with Crippen LogP contribution in [-0.2, 0) is 9.59 Å². The third kappa shape index (κ3) is 2.19. The molecule has 1 fully saturated rings. The van der Waals surface area contributed by atoms with Gasteiger partial charge in [0.25, 0.3) is 5.91 Å². The Morgan fingerprint density at radius 3 is 2.75 bits per heavy atom. The lowest BCUT2D eigenvalue weighted by atomic mass is 10.1. The van der Waals surface area contributed by atoms with E-state index in [2.05, 4.69) is 21.2 Å². The first-order chi connectivity index (χ1) is 7.56. The van der Waals surface area contributed by atoms with Crippen molar-refractivity contribution in [2.75, 3.05) is 0 Å². The van der Waals surface area contributed by atoms with Crippen LogP contribution in [0.1, 0.15) is 12.0 Å². The molecule has 82 valence electrons. The molecule has 0 unspecified atom stereocenters. The average Bonchev–Trinajstić information content (AvgIpc) is 2.51. The van der Waals surface area contributed by atoms with Gasteiger partial charge in [0.1, 0.15) is 5.82 Å². The third-order valence-electron chi connectivity index (χ3n) is 2.18. The van der Waals surface area contributed by atoms with E-state index in [1.807, 2.05) is 0 Å². The van der Waals surface area contributed by atoms with Crippen LogP contribution < -0.4 is 5.32 Å². The summed E-state index contributed by atoms with van der Waals surface area (Å²) in [6, 6.07) is 4.16. The maximum Gasteiger partial charge on any atom is 0.254 e. The summed E-state index contributed by atoms with van der Waals surface area (Å²) < 4.78 is 13.7. The summed E-state index contributed by atoms with van der Waals surface area (Å²) in [4.78, 5) is 22.2. The van der Waals surface area contributed by atoms with E-state index in [-0.39, 0.29) is 18.1 Å². The van der Waals surface area contributed by atoms with Crippen LogP contribution in [0.2, 0.25) is 0 Å². The Hall–Kier alpha value is -1.49. The second-order valence-corrected chi connectivity index (χ2v) is 4.24. The number of halogens is 2. The van der Waals surface area contributed by atoms with Crippen LogP contribution in [0.5, 0.6) is 0 Å². The number of nitrogens with one attached hydrogen (secondary N) is 1. The molecule has 0 aliphatic carbocycles. The Labute approximate surface area is 99.5 Å². The zero-order chi connectivity index (χ0) is 11.7. The van der Waals surface area contributed by atoms with E-state index in [4.69, 9.17) is 0 Å². The highest BCUT2D eigenvalue weighted by molar-refractivity contribution is 9.10. The predicted molar refractivity (Wildman–Crippen MR) is 59.8 cm³/mol. The molecule has 2 rings (SSSR count). The molecule has 1 saturated heterocycles. The molecule has 1 heterocycles. The lowest BCUT2D eigenvalue weighted by molar-refractivity contribution is -0.124. The van der Waals surface area contributed by atoms with Crippen LogP contribution in [-0.4, -0.2) is 11.8 Å². The normalized spacial score (nSPS) is 18.0. The summed E-state index contributed by atoms with van der Waals surface area (Å²) in [7, 11) is 0. The van der Waals surface area contributed by atoms with E-state index in [1.165, 1.54) is 18.2 Å². The van der Waals surface area contributed by atoms with Crippen molar-refractivity contribution in [3.8, 4) is 0 Å². The number of carbonyl (C=O) groups excluding carboxylic acids is 2. The van der Waals surface area contributed by atoms with Crippen molar-refractivity contribution in [3.05, 3.63) is 39.6 Å². The van der Waals surface area contributed by atoms with Gasteiger partial charge < -0.3 is 0 Å². The molecule has 16 heavy (non-hydrogen) atoms. The van der Waals surface area contributed by atoms with Gasteiger partial charge in [0.15, 0.2) is 0 Å². The van der Waals surface area contributed by atoms with Gasteiger partial charge in [0.2, 0.25) is 5.91 Å². The zero-order valence-corrected chi connectivity index (χ0v) is 9.67. The largest absolute Gasteiger partial charge is 0.292 e. The number of rotatable bonds is 1. The molecule has 1 N–H and O–H groups in total. The van der Waals surface area contributed by atoms with Gasteiger partial charge in [0.05, 0.1) is 6.42 Å². The first kappa shape index (κ1) is 11.0. The van der Waals surface area contributed by atoms with Crippen molar-refractivity contribution in [2.24, 2.45) is 0 Å². The highest BCUT2D eigenvalue weighted by Gasteiger charge is 2.23. The summed E-state index contributed by atoms with van der Waals surface area (Å²) in [5.74, 6) is -1.13. The van der Waals surface area contributed by atoms with Crippen LogP contribution in [0.25, 0.3) is 6.08 Å². The topological polar surface area (TPSA) is 46.2 Å². The molecule has 0 atom stereocenters. The van der Waals surface area contributed by atoms with Crippen molar-refractivity contribution >= 4 is 33.8 Å². The average molecular weight is 284 g/mol. The van der Waals surface area contributed by atoms with Gasteiger partial charge in [-0.15, -0.1) is 0 Å². The van der Waals surface area contributed by atoms with Crippen LogP contribution in [0.3, 0.4) is 0 Å². The van der Waals surface area contributed by atoms with Gasteiger partial charge in [-0.2, -0.15) is 0 Å². The first-order valence-corrected chi connectivity index (χ1v) is 5.35. The van der Waals surface area contributed by atoms with E-state index in [9.17, 15) is 14.0 Å². The summed E-state index contributed by atoms with van der Waals surface area (Å²) in [5.41, 5.74) is 0.885. The van der Waals surface area contributed by atoms with E-state index in [0.29, 0.717) is 15.6 Å². The molecule has 0 radical (unpaired) electrons. The molecule has 2 amide bonds. The predicted octanol–water partition coefficient (Wildman–Crippen LogP) is 2.02. The van der Waals surface area contributed by atoms with Gasteiger partial charge in [-0.1, -0.05) is 15.9 Å². The smallest absolute Gasteiger partial charge is 0.254 e. The summed E-state index contributed by atoms with van der Waals surface area (Å²) in [6.07, 6.45) is 1.55. The summed E-state index contributed by atoms with van der Waals surface area (Å²) in [6.45, 7) is 0. The highest BCUT2D eigenvalue weighted by Crippen LogP contribution is 2.22. The second kappa shape index (κ2) is 4.17. The van der Waals surface area contributed by atoms with E-state index in [0.717, 1.165) is 0 Å². The Balaban J connectivity index is 2.39. The molecule has 3 nitrogen and oxygen atoms in total. The number of hydrogen-bond acceptors (Lipinski definition) is 2. The minimum atomic E-state index is -0.416. The molecular formula is C11H7BrFNO2. The van der Waals surface area contributed by atoms with Crippen molar-refractivity contribution < 1.29 is 14.0 Å². The molecule has 1 aliphatic rings. The number of imide groups is 1.